The van der Waals surface area contributed by atoms with E-state index < -0.39 is 16.3 Å². The molecule has 3 rings (SSSR count). The van der Waals surface area contributed by atoms with E-state index in [1.807, 2.05) is 54.6 Å². The normalized spacial score (nSPS) is 12.7. The first-order chi connectivity index (χ1) is 13.0. The van der Waals surface area contributed by atoms with Crippen molar-refractivity contribution < 1.29 is 13.2 Å². The van der Waals surface area contributed by atoms with Crippen LogP contribution in [0.25, 0.3) is 5.69 Å². The highest BCUT2D eigenvalue weighted by Gasteiger charge is 2.17. The number of ether oxygens (including phenoxy) is 1. The van der Waals surface area contributed by atoms with Crippen LogP contribution in [0.2, 0.25) is 0 Å². The molecule has 0 spiro atoms. The van der Waals surface area contributed by atoms with Gasteiger partial charge in [0.25, 0.3) is 10.2 Å². The fraction of sp³-hybridized carbons (Fsp3) is 0.211. The molecule has 7 nitrogen and oxygen atoms in total. The Bertz CT molecular complexity index is 970. The summed E-state index contributed by atoms with van der Waals surface area (Å²) in [7, 11) is -2.03. The fourth-order valence-electron chi connectivity index (χ4n) is 2.55. The van der Waals surface area contributed by atoms with Gasteiger partial charge in [0.2, 0.25) is 0 Å². The second kappa shape index (κ2) is 8.34. The van der Waals surface area contributed by atoms with E-state index in [0.717, 1.165) is 22.6 Å². The number of nitrogens with one attached hydrogen (secondary N) is 2. The maximum Gasteiger partial charge on any atom is 0.277 e. The minimum absolute atomic E-state index is 0.230. The van der Waals surface area contributed by atoms with Gasteiger partial charge in [0.15, 0.2) is 0 Å². The number of hydrogen-bond donors (Lipinski definition) is 2. The smallest absolute Gasteiger partial charge is 0.277 e. The minimum Gasteiger partial charge on any atom is -0.497 e. The summed E-state index contributed by atoms with van der Waals surface area (Å²) in [6.45, 7) is 2.01. The summed E-state index contributed by atoms with van der Waals surface area (Å²) >= 11 is 0. The summed E-state index contributed by atoms with van der Waals surface area (Å²) in [6, 6.07) is 16.4. The van der Waals surface area contributed by atoms with Crippen LogP contribution in [0, 0.1) is 0 Å². The third kappa shape index (κ3) is 5.16. The standard InChI is InChI=1S/C19H22N4O3S/c1-15(22-27(24,25)21-12-16-6-4-3-5-7-16)17-13-20-23(14-17)18-8-10-19(26-2)11-9-18/h3-11,13-15,21-22H,12H2,1-2H3/t15-/m0/s1. The monoisotopic (exact) mass is 386 g/mol. The highest BCUT2D eigenvalue weighted by Crippen LogP contribution is 2.17. The molecule has 0 fully saturated rings. The van der Waals surface area contributed by atoms with Crippen molar-refractivity contribution in [1.82, 2.24) is 19.2 Å². The molecule has 1 atom stereocenters. The fourth-order valence-corrected chi connectivity index (χ4v) is 3.59. The van der Waals surface area contributed by atoms with Crippen LogP contribution < -0.4 is 14.2 Å². The molecule has 0 amide bonds. The SMILES string of the molecule is COc1ccc(-n2cc([C@H](C)NS(=O)(=O)NCc3ccccc3)cn2)cc1. The van der Waals surface area contributed by atoms with E-state index in [2.05, 4.69) is 14.5 Å². The van der Waals surface area contributed by atoms with Crippen molar-refractivity contribution in [2.75, 3.05) is 7.11 Å². The van der Waals surface area contributed by atoms with E-state index >= 15 is 0 Å². The van der Waals surface area contributed by atoms with Crippen LogP contribution >= 0.6 is 0 Å². The molecule has 1 heterocycles. The van der Waals surface area contributed by atoms with Crippen LogP contribution in [-0.4, -0.2) is 25.3 Å². The van der Waals surface area contributed by atoms with E-state index in [4.69, 9.17) is 4.74 Å². The van der Waals surface area contributed by atoms with Gasteiger partial charge in [0.1, 0.15) is 5.75 Å². The first-order valence-electron chi connectivity index (χ1n) is 8.47. The second-order valence-corrected chi connectivity index (χ2v) is 7.60. The van der Waals surface area contributed by atoms with Gasteiger partial charge in [-0.1, -0.05) is 30.3 Å². The Morgan fingerprint density at radius 3 is 2.48 bits per heavy atom. The van der Waals surface area contributed by atoms with Crippen LogP contribution in [0.5, 0.6) is 5.75 Å². The van der Waals surface area contributed by atoms with Gasteiger partial charge < -0.3 is 4.74 Å². The third-order valence-corrected chi connectivity index (χ3v) is 5.27. The second-order valence-electron chi connectivity index (χ2n) is 6.07. The third-order valence-electron chi connectivity index (χ3n) is 4.08. The molecular weight excluding hydrogens is 364 g/mol. The molecular formula is C19H22N4O3S. The number of hydrogen-bond acceptors (Lipinski definition) is 4. The first-order valence-corrected chi connectivity index (χ1v) is 9.95. The lowest BCUT2D eigenvalue weighted by Gasteiger charge is -2.13. The van der Waals surface area contributed by atoms with Crippen LogP contribution in [0.1, 0.15) is 24.1 Å². The van der Waals surface area contributed by atoms with Crippen molar-refractivity contribution in [1.29, 1.82) is 0 Å². The van der Waals surface area contributed by atoms with Gasteiger partial charge in [-0.05, 0) is 36.8 Å². The van der Waals surface area contributed by atoms with Crippen molar-refractivity contribution in [3.8, 4) is 11.4 Å². The Hall–Kier alpha value is -2.68. The number of methoxy groups -OCH3 is 1. The van der Waals surface area contributed by atoms with Gasteiger partial charge in [-0.3, -0.25) is 0 Å². The molecule has 3 aromatic rings. The van der Waals surface area contributed by atoms with Crippen molar-refractivity contribution >= 4 is 10.2 Å². The average Bonchev–Trinajstić information content (AvgIpc) is 3.17. The Labute approximate surface area is 159 Å². The Morgan fingerprint density at radius 1 is 1.11 bits per heavy atom. The number of nitrogens with zero attached hydrogens (tertiary/aromatic N) is 2. The lowest BCUT2D eigenvalue weighted by molar-refractivity contribution is 0.414. The zero-order valence-electron chi connectivity index (χ0n) is 15.2. The lowest BCUT2D eigenvalue weighted by Crippen LogP contribution is -2.37. The van der Waals surface area contributed by atoms with E-state index in [9.17, 15) is 8.42 Å². The Morgan fingerprint density at radius 2 is 1.81 bits per heavy atom. The summed E-state index contributed by atoms with van der Waals surface area (Å²) in [5, 5.41) is 4.31. The van der Waals surface area contributed by atoms with Gasteiger partial charge in [-0.2, -0.15) is 23.0 Å². The van der Waals surface area contributed by atoms with E-state index in [-0.39, 0.29) is 6.54 Å². The lowest BCUT2D eigenvalue weighted by atomic mass is 10.2. The van der Waals surface area contributed by atoms with Crippen LogP contribution in [0.4, 0.5) is 0 Å². The maximum atomic E-state index is 12.3. The van der Waals surface area contributed by atoms with E-state index in [1.165, 1.54) is 0 Å². The summed E-state index contributed by atoms with van der Waals surface area (Å²) in [5.41, 5.74) is 2.51. The molecule has 0 unspecified atom stereocenters. The molecule has 0 aliphatic heterocycles. The van der Waals surface area contributed by atoms with E-state index in [1.54, 1.807) is 31.1 Å². The Balaban J connectivity index is 1.63. The molecule has 2 N–H and O–H groups in total. The van der Waals surface area contributed by atoms with Crippen LogP contribution in [-0.2, 0) is 16.8 Å². The summed E-state index contributed by atoms with van der Waals surface area (Å²) < 4.78 is 36.5. The maximum absolute atomic E-state index is 12.3. The van der Waals surface area contributed by atoms with Crippen molar-refractivity contribution in [3.63, 3.8) is 0 Å². The number of rotatable bonds is 8. The summed E-state index contributed by atoms with van der Waals surface area (Å²) in [4.78, 5) is 0. The molecule has 0 bridgehead atoms. The van der Waals surface area contributed by atoms with Gasteiger partial charge in [0, 0.05) is 24.3 Å². The van der Waals surface area contributed by atoms with Gasteiger partial charge in [-0.15, -0.1) is 0 Å². The average molecular weight is 386 g/mol. The predicted molar refractivity (Wildman–Crippen MR) is 104 cm³/mol. The van der Waals surface area contributed by atoms with Gasteiger partial charge in [0.05, 0.1) is 19.0 Å². The predicted octanol–water partition coefficient (Wildman–Crippen LogP) is 2.57. The number of aromatic nitrogens is 2. The van der Waals surface area contributed by atoms with Crippen molar-refractivity contribution in [3.05, 3.63) is 78.1 Å². The van der Waals surface area contributed by atoms with Crippen LogP contribution in [0.3, 0.4) is 0 Å². The van der Waals surface area contributed by atoms with Crippen molar-refractivity contribution in [2.24, 2.45) is 0 Å². The quantitative estimate of drug-likeness (QED) is 0.623. The molecule has 0 radical (unpaired) electrons. The van der Waals surface area contributed by atoms with Crippen molar-refractivity contribution in [2.45, 2.75) is 19.5 Å². The highest BCUT2D eigenvalue weighted by molar-refractivity contribution is 7.87. The molecule has 0 aliphatic carbocycles. The molecule has 2 aromatic carbocycles. The van der Waals surface area contributed by atoms with Gasteiger partial charge in [-0.25, -0.2) is 4.68 Å². The van der Waals surface area contributed by atoms with E-state index in [0.29, 0.717) is 0 Å². The Kier molecular flexibility index (Phi) is 5.90. The largest absolute Gasteiger partial charge is 0.497 e. The summed E-state index contributed by atoms with van der Waals surface area (Å²) in [5.74, 6) is 0.761. The minimum atomic E-state index is -3.65. The molecule has 0 saturated heterocycles. The molecule has 142 valence electrons. The zero-order valence-corrected chi connectivity index (χ0v) is 16.0. The topological polar surface area (TPSA) is 85.2 Å². The first kappa shape index (κ1) is 19.1. The van der Waals surface area contributed by atoms with Crippen LogP contribution in [0.15, 0.2) is 67.0 Å². The molecule has 1 aromatic heterocycles. The molecule has 0 aliphatic rings. The molecule has 8 heteroatoms. The molecule has 0 saturated carbocycles. The van der Waals surface area contributed by atoms with Gasteiger partial charge >= 0.3 is 0 Å². The zero-order chi connectivity index (χ0) is 19.3. The molecule has 27 heavy (non-hydrogen) atoms. The summed E-state index contributed by atoms with van der Waals surface area (Å²) in [6.07, 6.45) is 3.45. The number of benzene rings is 2. The highest BCUT2D eigenvalue weighted by atomic mass is 32.2.